The van der Waals surface area contributed by atoms with Crippen LogP contribution in [0.5, 0.6) is 0 Å². The summed E-state index contributed by atoms with van der Waals surface area (Å²) in [4.78, 5) is 7.20. The van der Waals surface area contributed by atoms with Crippen LogP contribution in [0.25, 0.3) is 11.6 Å². The van der Waals surface area contributed by atoms with E-state index in [1.165, 1.54) is 0 Å². The van der Waals surface area contributed by atoms with Gasteiger partial charge in [-0.3, -0.25) is 0 Å². The molecule has 74 valence electrons. The third-order valence-electron chi connectivity index (χ3n) is 1.88. The van der Waals surface area contributed by atoms with Gasteiger partial charge in [0.1, 0.15) is 0 Å². The zero-order valence-electron chi connectivity index (χ0n) is 7.46. The third-order valence-corrected chi connectivity index (χ3v) is 2.19. The number of nitrogens with zero attached hydrogens (tertiary/aromatic N) is 1. The fraction of sp³-hybridized carbons (Fsp3) is 0.222. The molecule has 0 fully saturated rings. The molecule has 0 spiro atoms. The zero-order valence-corrected chi connectivity index (χ0v) is 8.21. The normalized spacial score (nSPS) is 10.7. The molecule has 0 aliphatic heterocycles. The van der Waals surface area contributed by atoms with Crippen LogP contribution in [0.3, 0.4) is 0 Å². The zero-order chi connectivity index (χ0) is 9.97. The molecule has 5 heteroatoms. The number of halogens is 1. The number of aromatic amines is 1. The first-order valence-electron chi connectivity index (χ1n) is 4.29. The van der Waals surface area contributed by atoms with Gasteiger partial charge in [0, 0.05) is 6.42 Å². The van der Waals surface area contributed by atoms with Crippen LogP contribution < -0.4 is 5.73 Å². The summed E-state index contributed by atoms with van der Waals surface area (Å²) in [5.74, 6) is 1.32. The molecular weight excluding hydrogens is 202 g/mol. The maximum Gasteiger partial charge on any atom is 0.175 e. The lowest BCUT2D eigenvalue weighted by molar-refractivity contribution is 0.578. The minimum atomic E-state index is 0.460. The molecule has 0 saturated carbocycles. The molecule has 2 aromatic rings. The monoisotopic (exact) mass is 211 g/mol. The Hall–Kier alpha value is -1.26. The number of nitrogens with two attached hydrogens (primary N) is 1. The second-order valence-corrected chi connectivity index (χ2v) is 3.23. The molecular formula is C9H10ClN3O. The van der Waals surface area contributed by atoms with E-state index < -0.39 is 0 Å². The van der Waals surface area contributed by atoms with Crippen LogP contribution in [-0.2, 0) is 6.42 Å². The molecule has 0 aromatic carbocycles. The highest BCUT2D eigenvalue weighted by Gasteiger charge is 2.10. The van der Waals surface area contributed by atoms with Gasteiger partial charge in [0.25, 0.3) is 0 Å². The van der Waals surface area contributed by atoms with E-state index in [9.17, 15) is 0 Å². The number of furan rings is 1. The topological polar surface area (TPSA) is 67.8 Å². The Morgan fingerprint density at radius 3 is 3.07 bits per heavy atom. The molecule has 2 rings (SSSR count). The minimum absolute atomic E-state index is 0.460. The maximum absolute atomic E-state index is 5.90. The second kappa shape index (κ2) is 3.86. The SMILES string of the molecule is NCCc1[nH]c(-c2ccco2)nc1Cl. The van der Waals surface area contributed by atoms with E-state index in [2.05, 4.69) is 9.97 Å². The Morgan fingerprint density at radius 2 is 2.43 bits per heavy atom. The quantitative estimate of drug-likeness (QED) is 0.814. The molecule has 0 bridgehead atoms. The van der Waals surface area contributed by atoms with E-state index in [-0.39, 0.29) is 0 Å². The molecule has 2 heterocycles. The van der Waals surface area contributed by atoms with Crippen LogP contribution in [0.4, 0.5) is 0 Å². The Bertz CT molecular complexity index is 408. The van der Waals surface area contributed by atoms with Crippen molar-refractivity contribution < 1.29 is 4.42 Å². The van der Waals surface area contributed by atoms with E-state index in [0.29, 0.717) is 29.7 Å². The lowest BCUT2D eigenvalue weighted by Gasteiger charge is -1.91. The molecule has 0 amide bonds. The second-order valence-electron chi connectivity index (χ2n) is 2.87. The van der Waals surface area contributed by atoms with Gasteiger partial charge in [0.05, 0.1) is 12.0 Å². The van der Waals surface area contributed by atoms with Gasteiger partial charge in [-0.1, -0.05) is 11.6 Å². The largest absolute Gasteiger partial charge is 0.461 e. The lowest BCUT2D eigenvalue weighted by Crippen LogP contribution is -2.03. The number of rotatable bonds is 3. The molecule has 4 nitrogen and oxygen atoms in total. The molecule has 0 aliphatic carbocycles. The van der Waals surface area contributed by atoms with Crippen molar-refractivity contribution >= 4 is 11.6 Å². The summed E-state index contributed by atoms with van der Waals surface area (Å²) in [6.07, 6.45) is 2.28. The summed E-state index contributed by atoms with van der Waals surface area (Å²) in [5, 5.41) is 0.460. The van der Waals surface area contributed by atoms with Crippen molar-refractivity contribution in [1.82, 2.24) is 9.97 Å². The summed E-state index contributed by atoms with van der Waals surface area (Å²) in [7, 11) is 0. The van der Waals surface area contributed by atoms with Crippen molar-refractivity contribution in [2.24, 2.45) is 5.73 Å². The fourth-order valence-corrected chi connectivity index (χ4v) is 1.45. The smallest absolute Gasteiger partial charge is 0.175 e. The number of imidazole rings is 1. The predicted octanol–water partition coefficient (Wildman–Crippen LogP) is 1.82. The van der Waals surface area contributed by atoms with Crippen LogP contribution >= 0.6 is 11.6 Å². The molecule has 0 unspecified atom stereocenters. The van der Waals surface area contributed by atoms with Gasteiger partial charge in [0.2, 0.25) is 0 Å². The third kappa shape index (κ3) is 1.66. The minimum Gasteiger partial charge on any atom is -0.461 e. The first-order valence-corrected chi connectivity index (χ1v) is 4.67. The van der Waals surface area contributed by atoms with E-state index >= 15 is 0 Å². The van der Waals surface area contributed by atoms with Gasteiger partial charge >= 0.3 is 0 Å². The van der Waals surface area contributed by atoms with Gasteiger partial charge in [-0.15, -0.1) is 0 Å². The molecule has 0 radical (unpaired) electrons. The van der Waals surface area contributed by atoms with Gasteiger partial charge < -0.3 is 15.1 Å². The Labute approximate surface area is 86.1 Å². The highest BCUT2D eigenvalue weighted by molar-refractivity contribution is 6.30. The van der Waals surface area contributed by atoms with Crippen molar-refractivity contribution in [3.8, 4) is 11.6 Å². The first-order chi connectivity index (χ1) is 6.81. The van der Waals surface area contributed by atoms with Crippen molar-refractivity contribution in [3.05, 3.63) is 29.2 Å². The standard InChI is InChI=1S/C9H10ClN3O/c10-8-6(3-4-11)12-9(13-8)7-2-1-5-14-7/h1-2,5H,3-4,11H2,(H,12,13). The summed E-state index contributed by atoms with van der Waals surface area (Å²) in [5.41, 5.74) is 6.28. The molecule has 0 atom stereocenters. The Balaban J connectivity index is 2.33. The average molecular weight is 212 g/mol. The van der Waals surface area contributed by atoms with Gasteiger partial charge in [-0.05, 0) is 18.7 Å². The van der Waals surface area contributed by atoms with E-state index in [0.717, 1.165) is 5.69 Å². The number of aromatic nitrogens is 2. The predicted molar refractivity (Wildman–Crippen MR) is 54.1 cm³/mol. The Morgan fingerprint density at radius 1 is 1.57 bits per heavy atom. The van der Waals surface area contributed by atoms with Crippen molar-refractivity contribution in [3.63, 3.8) is 0 Å². The number of hydrogen-bond acceptors (Lipinski definition) is 3. The van der Waals surface area contributed by atoms with Crippen LogP contribution in [0, 0.1) is 0 Å². The van der Waals surface area contributed by atoms with E-state index in [1.807, 2.05) is 6.07 Å². The van der Waals surface area contributed by atoms with Crippen molar-refractivity contribution in [2.45, 2.75) is 6.42 Å². The fourth-order valence-electron chi connectivity index (χ4n) is 1.23. The molecule has 0 saturated heterocycles. The summed E-state index contributed by atoms with van der Waals surface area (Å²) < 4.78 is 5.18. The number of hydrogen-bond donors (Lipinski definition) is 2. The van der Waals surface area contributed by atoms with Crippen LogP contribution in [-0.4, -0.2) is 16.5 Å². The van der Waals surface area contributed by atoms with Gasteiger partial charge in [0.15, 0.2) is 16.7 Å². The lowest BCUT2D eigenvalue weighted by atomic mass is 10.3. The summed E-state index contributed by atoms with van der Waals surface area (Å²) >= 11 is 5.90. The number of nitrogens with one attached hydrogen (secondary N) is 1. The summed E-state index contributed by atoms with van der Waals surface area (Å²) in [6.45, 7) is 0.541. The Kier molecular flexibility index (Phi) is 2.56. The molecule has 2 aromatic heterocycles. The summed E-state index contributed by atoms with van der Waals surface area (Å²) in [6, 6.07) is 3.62. The van der Waals surface area contributed by atoms with Crippen molar-refractivity contribution in [1.29, 1.82) is 0 Å². The molecule has 3 N–H and O–H groups in total. The highest BCUT2D eigenvalue weighted by Crippen LogP contribution is 2.21. The van der Waals surface area contributed by atoms with E-state index in [4.69, 9.17) is 21.8 Å². The average Bonchev–Trinajstić information content (AvgIpc) is 2.76. The van der Waals surface area contributed by atoms with Crippen LogP contribution in [0.1, 0.15) is 5.69 Å². The van der Waals surface area contributed by atoms with E-state index in [1.54, 1.807) is 12.3 Å². The van der Waals surface area contributed by atoms with Gasteiger partial charge in [-0.25, -0.2) is 4.98 Å². The first kappa shape index (κ1) is 9.30. The maximum atomic E-state index is 5.90. The van der Waals surface area contributed by atoms with Crippen LogP contribution in [0.15, 0.2) is 22.8 Å². The molecule has 0 aliphatic rings. The van der Waals surface area contributed by atoms with Crippen molar-refractivity contribution in [2.75, 3.05) is 6.54 Å². The van der Waals surface area contributed by atoms with Gasteiger partial charge in [-0.2, -0.15) is 0 Å². The van der Waals surface area contributed by atoms with Crippen LogP contribution in [0.2, 0.25) is 5.15 Å². The molecule has 14 heavy (non-hydrogen) atoms. The number of H-pyrrole nitrogens is 1. The highest BCUT2D eigenvalue weighted by atomic mass is 35.5.